The maximum atomic E-state index is 2.40. The molecule has 0 aromatic carbocycles. The summed E-state index contributed by atoms with van der Waals surface area (Å²) in [5, 5.41) is 0. The molecule has 0 atom stereocenters. The summed E-state index contributed by atoms with van der Waals surface area (Å²) in [4.78, 5) is 0. The van der Waals surface area contributed by atoms with Crippen LogP contribution in [0.5, 0.6) is 0 Å². The molecular formula is C11H17N. The fourth-order valence-corrected chi connectivity index (χ4v) is 2.26. The molecule has 1 aliphatic carbocycles. The van der Waals surface area contributed by atoms with E-state index in [9.17, 15) is 0 Å². The summed E-state index contributed by atoms with van der Waals surface area (Å²) in [5.41, 5.74) is 4.71. The summed E-state index contributed by atoms with van der Waals surface area (Å²) >= 11 is 0. The van der Waals surface area contributed by atoms with Gasteiger partial charge in [-0.05, 0) is 43.7 Å². The van der Waals surface area contributed by atoms with Crippen molar-refractivity contribution < 1.29 is 0 Å². The number of hydrogen-bond acceptors (Lipinski definition) is 0. The minimum Gasteiger partial charge on any atom is -0.351 e. The van der Waals surface area contributed by atoms with Crippen molar-refractivity contribution in [1.29, 1.82) is 0 Å². The molecule has 0 saturated carbocycles. The Morgan fingerprint density at radius 2 is 2.08 bits per heavy atom. The Bertz CT molecular complexity index is 283. The summed E-state index contributed by atoms with van der Waals surface area (Å²) in [6, 6.07) is 2.40. The fraction of sp³-hybridized carbons (Fsp3) is 0.636. The van der Waals surface area contributed by atoms with Gasteiger partial charge >= 0.3 is 0 Å². The number of hydrogen-bond donors (Lipinski definition) is 0. The molecule has 0 spiro atoms. The van der Waals surface area contributed by atoms with Crippen LogP contribution in [-0.2, 0) is 26.3 Å². The lowest BCUT2D eigenvalue weighted by Gasteiger charge is -2.13. The zero-order chi connectivity index (χ0) is 8.55. The summed E-state index contributed by atoms with van der Waals surface area (Å²) in [6.07, 6.45) is 6.55. The summed E-state index contributed by atoms with van der Waals surface area (Å²) in [5.74, 6) is 0. The van der Waals surface area contributed by atoms with E-state index in [0.29, 0.717) is 0 Å². The quantitative estimate of drug-likeness (QED) is 0.599. The molecule has 66 valence electrons. The van der Waals surface area contributed by atoms with Gasteiger partial charge in [-0.1, -0.05) is 6.92 Å². The van der Waals surface area contributed by atoms with Crippen LogP contribution in [0.2, 0.25) is 0 Å². The van der Waals surface area contributed by atoms with Crippen molar-refractivity contribution in [2.45, 2.75) is 39.0 Å². The first-order valence-electron chi connectivity index (χ1n) is 4.99. The summed E-state index contributed by atoms with van der Waals surface area (Å²) in [7, 11) is 2.21. The molecule has 0 bridgehead atoms. The minimum absolute atomic E-state index is 1.17. The van der Waals surface area contributed by atoms with E-state index in [1.54, 1.807) is 11.3 Å². The third-order valence-electron chi connectivity index (χ3n) is 3.02. The Morgan fingerprint density at radius 3 is 2.75 bits per heavy atom. The molecule has 0 N–H and O–H groups in total. The molecule has 2 rings (SSSR count). The molecule has 0 amide bonds. The Balaban J connectivity index is 2.44. The second kappa shape index (κ2) is 2.96. The normalized spacial score (nSPS) is 16.2. The highest BCUT2D eigenvalue weighted by Crippen LogP contribution is 2.24. The van der Waals surface area contributed by atoms with Crippen molar-refractivity contribution in [3.8, 4) is 0 Å². The molecule has 1 aromatic heterocycles. The van der Waals surface area contributed by atoms with Gasteiger partial charge in [0, 0.05) is 18.4 Å². The number of nitrogens with zero attached hydrogens (tertiary/aromatic N) is 1. The lowest BCUT2D eigenvalue weighted by atomic mass is 9.98. The molecule has 1 nitrogen and oxygen atoms in total. The van der Waals surface area contributed by atoms with Gasteiger partial charge in [-0.25, -0.2) is 0 Å². The van der Waals surface area contributed by atoms with Crippen molar-refractivity contribution in [1.82, 2.24) is 4.57 Å². The largest absolute Gasteiger partial charge is 0.351 e. The van der Waals surface area contributed by atoms with Gasteiger partial charge in [-0.3, -0.25) is 0 Å². The van der Waals surface area contributed by atoms with E-state index in [1.165, 1.54) is 37.8 Å². The number of aromatic nitrogens is 1. The topological polar surface area (TPSA) is 4.93 Å². The zero-order valence-corrected chi connectivity index (χ0v) is 8.06. The van der Waals surface area contributed by atoms with Crippen LogP contribution in [0.25, 0.3) is 0 Å². The maximum Gasteiger partial charge on any atom is 0.0206 e. The minimum atomic E-state index is 1.17. The van der Waals surface area contributed by atoms with E-state index >= 15 is 0 Å². The second-order valence-electron chi connectivity index (χ2n) is 3.73. The standard InChI is InChI=1S/C11H17N/c1-3-10-8-9-6-4-5-7-11(9)12(10)2/h8H,3-7H2,1-2H3. The van der Waals surface area contributed by atoms with Crippen LogP contribution >= 0.6 is 0 Å². The first-order valence-corrected chi connectivity index (χ1v) is 4.99. The highest BCUT2D eigenvalue weighted by atomic mass is 15.0. The molecule has 0 fully saturated rings. The van der Waals surface area contributed by atoms with Crippen LogP contribution in [0.1, 0.15) is 36.7 Å². The lowest BCUT2D eigenvalue weighted by Crippen LogP contribution is -2.06. The van der Waals surface area contributed by atoms with Crippen LogP contribution in [0.15, 0.2) is 6.07 Å². The first-order chi connectivity index (χ1) is 5.83. The second-order valence-corrected chi connectivity index (χ2v) is 3.73. The summed E-state index contributed by atoms with van der Waals surface area (Å²) < 4.78 is 2.40. The molecule has 0 unspecified atom stereocenters. The first kappa shape index (κ1) is 7.90. The number of fused-ring (bicyclic) bond motifs is 1. The van der Waals surface area contributed by atoms with Crippen LogP contribution in [-0.4, -0.2) is 4.57 Å². The number of rotatable bonds is 1. The third-order valence-corrected chi connectivity index (χ3v) is 3.02. The average molecular weight is 163 g/mol. The Labute approximate surface area is 74.4 Å². The van der Waals surface area contributed by atoms with E-state index in [0.717, 1.165) is 0 Å². The van der Waals surface area contributed by atoms with Crippen LogP contribution in [0.4, 0.5) is 0 Å². The van der Waals surface area contributed by atoms with E-state index in [-0.39, 0.29) is 0 Å². The van der Waals surface area contributed by atoms with Gasteiger partial charge in [0.05, 0.1) is 0 Å². The maximum absolute atomic E-state index is 2.40. The third kappa shape index (κ3) is 1.08. The number of aryl methyl sites for hydroxylation is 2. The van der Waals surface area contributed by atoms with Gasteiger partial charge in [-0.15, -0.1) is 0 Å². The van der Waals surface area contributed by atoms with Crippen molar-refractivity contribution in [3.05, 3.63) is 23.0 Å². The van der Waals surface area contributed by atoms with E-state index in [2.05, 4.69) is 24.6 Å². The van der Waals surface area contributed by atoms with Gasteiger partial charge in [0.25, 0.3) is 0 Å². The molecule has 1 heterocycles. The van der Waals surface area contributed by atoms with Crippen LogP contribution in [0.3, 0.4) is 0 Å². The Morgan fingerprint density at radius 1 is 1.33 bits per heavy atom. The van der Waals surface area contributed by atoms with Gasteiger partial charge in [-0.2, -0.15) is 0 Å². The molecule has 12 heavy (non-hydrogen) atoms. The Kier molecular flexibility index (Phi) is 1.95. The average Bonchev–Trinajstić information content (AvgIpc) is 2.44. The van der Waals surface area contributed by atoms with E-state index in [4.69, 9.17) is 0 Å². The van der Waals surface area contributed by atoms with E-state index in [1.807, 2.05) is 0 Å². The van der Waals surface area contributed by atoms with Gasteiger partial charge in [0.15, 0.2) is 0 Å². The lowest BCUT2D eigenvalue weighted by molar-refractivity contribution is 0.642. The molecule has 1 heteroatoms. The fourth-order valence-electron chi connectivity index (χ4n) is 2.26. The molecule has 0 radical (unpaired) electrons. The predicted octanol–water partition coefficient (Wildman–Crippen LogP) is 2.47. The zero-order valence-electron chi connectivity index (χ0n) is 8.06. The van der Waals surface area contributed by atoms with Crippen molar-refractivity contribution in [2.24, 2.45) is 7.05 Å². The molecular weight excluding hydrogens is 146 g/mol. The van der Waals surface area contributed by atoms with Crippen molar-refractivity contribution >= 4 is 0 Å². The molecule has 0 saturated heterocycles. The van der Waals surface area contributed by atoms with Gasteiger partial charge in [0.2, 0.25) is 0 Å². The van der Waals surface area contributed by atoms with Gasteiger partial charge < -0.3 is 4.57 Å². The SMILES string of the molecule is CCc1cc2c(n1C)CCCC2. The van der Waals surface area contributed by atoms with Crippen molar-refractivity contribution in [3.63, 3.8) is 0 Å². The molecule has 1 aromatic rings. The highest BCUT2D eigenvalue weighted by molar-refractivity contribution is 5.29. The summed E-state index contributed by atoms with van der Waals surface area (Å²) in [6.45, 7) is 2.24. The van der Waals surface area contributed by atoms with Crippen LogP contribution in [0, 0.1) is 0 Å². The highest BCUT2D eigenvalue weighted by Gasteiger charge is 2.14. The monoisotopic (exact) mass is 163 g/mol. The van der Waals surface area contributed by atoms with Gasteiger partial charge in [0.1, 0.15) is 0 Å². The van der Waals surface area contributed by atoms with Crippen LogP contribution < -0.4 is 0 Å². The molecule has 0 aliphatic heterocycles. The van der Waals surface area contributed by atoms with E-state index < -0.39 is 0 Å². The molecule has 1 aliphatic rings. The van der Waals surface area contributed by atoms with Crippen molar-refractivity contribution in [2.75, 3.05) is 0 Å². The smallest absolute Gasteiger partial charge is 0.0206 e. The Hall–Kier alpha value is -0.720. The predicted molar refractivity (Wildman–Crippen MR) is 51.4 cm³/mol.